The van der Waals surface area contributed by atoms with E-state index in [1.165, 1.54) is 0 Å². The number of hydrogen-bond donors (Lipinski definition) is 0. The smallest absolute Gasteiger partial charge is 0.750 e. The Bertz CT molecular complexity index is 558. The topological polar surface area (TPSA) is 199 Å². The summed E-state index contributed by atoms with van der Waals surface area (Å²) in [7, 11) is -6.17. The molecule has 0 bridgehead atoms. The van der Waals surface area contributed by atoms with Crippen LogP contribution in [0, 0.1) is 0 Å². The molecule has 3 aromatic heterocycles. The van der Waals surface area contributed by atoms with Gasteiger partial charge < -0.3 is 39.9 Å². The van der Waals surface area contributed by atoms with E-state index in [9.17, 15) is 29.1 Å². The molecule has 0 aliphatic heterocycles. The Kier molecular flexibility index (Phi) is 8.05. The molecule has 0 saturated carbocycles. The van der Waals surface area contributed by atoms with E-state index in [2.05, 4.69) is 25.2 Å². The fourth-order valence-electron chi connectivity index (χ4n) is 0.386. The number of hydrogen-bond acceptors (Lipinski definition) is 12. The molecule has 3 heterocycles. The molecule has 0 spiro atoms. The SMILES string of the molecule is O=c1op([O-])o1.O=c1op([O-])o1.O=c1op([O-])o1.[Rh+3]. The van der Waals surface area contributed by atoms with Crippen LogP contribution < -0.4 is 32.1 Å². The molecular weight excluding hydrogens is 424 g/mol. The van der Waals surface area contributed by atoms with Crippen molar-refractivity contribution in [3.05, 3.63) is 31.9 Å². The molecule has 0 unspecified atom stereocenters. The van der Waals surface area contributed by atoms with Crippen molar-refractivity contribution >= 4 is 24.7 Å². The molecule has 0 aromatic carbocycles. The van der Waals surface area contributed by atoms with Crippen molar-refractivity contribution in [2.75, 3.05) is 0 Å². The summed E-state index contributed by atoms with van der Waals surface area (Å²) in [6.07, 6.45) is 0. The van der Waals surface area contributed by atoms with E-state index in [0.29, 0.717) is 0 Å². The van der Waals surface area contributed by atoms with Crippen LogP contribution in [0.4, 0.5) is 0 Å². The van der Waals surface area contributed by atoms with Crippen molar-refractivity contribution in [3.8, 4) is 0 Å². The summed E-state index contributed by atoms with van der Waals surface area (Å²) in [4.78, 5) is 57.2. The van der Waals surface area contributed by atoms with E-state index in [-0.39, 0.29) is 19.5 Å². The van der Waals surface area contributed by atoms with Gasteiger partial charge in [0.1, 0.15) is 0 Å². The van der Waals surface area contributed by atoms with Gasteiger partial charge in [-0.1, -0.05) is 0 Å². The summed E-state index contributed by atoms with van der Waals surface area (Å²) < 4.78 is 22.7. The summed E-state index contributed by atoms with van der Waals surface area (Å²) in [6, 6.07) is 0. The van der Waals surface area contributed by atoms with Crippen LogP contribution in [0.3, 0.4) is 0 Å². The molecule has 0 saturated heterocycles. The van der Waals surface area contributed by atoms with Gasteiger partial charge in [-0.2, -0.15) is 0 Å². The van der Waals surface area contributed by atoms with Crippen molar-refractivity contribution in [1.29, 1.82) is 0 Å². The molecule has 0 N–H and O–H groups in total. The third-order valence-corrected chi connectivity index (χ3v) is 2.68. The van der Waals surface area contributed by atoms with E-state index in [0.717, 1.165) is 0 Å². The summed E-state index contributed by atoms with van der Waals surface area (Å²) in [6.45, 7) is 0. The normalized spacial score (nSPS) is 9.00. The van der Waals surface area contributed by atoms with Gasteiger partial charge in [0, 0.05) is 0 Å². The molecular formula is C3O12P3Rh. The average molecular weight is 424 g/mol. The quantitative estimate of drug-likeness (QED) is 0.361. The van der Waals surface area contributed by atoms with Crippen LogP contribution in [0.15, 0.2) is 39.6 Å². The molecule has 0 atom stereocenters. The van der Waals surface area contributed by atoms with E-state index in [1.54, 1.807) is 0 Å². The monoisotopic (exact) mass is 424 g/mol. The van der Waals surface area contributed by atoms with Crippen LogP contribution in [-0.4, -0.2) is 0 Å². The van der Waals surface area contributed by atoms with Gasteiger partial charge in [0.05, 0.1) is 0 Å². The van der Waals surface area contributed by atoms with Crippen molar-refractivity contribution in [2.45, 2.75) is 0 Å². The molecule has 0 fully saturated rings. The first-order chi connectivity index (χ1) is 8.36. The average Bonchev–Trinajstić information content (AvgIpc) is 2.14. The largest absolute Gasteiger partial charge is 3.00 e. The molecule has 12 nitrogen and oxygen atoms in total. The van der Waals surface area contributed by atoms with Crippen LogP contribution >= 0.6 is 24.7 Å². The Morgan fingerprint density at radius 2 is 0.737 bits per heavy atom. The van der Waals surface area contributed by atoms with Crippen LogP contribution in [0.1, 0.15) is 0 Å². The van der Waals surface area contributed by atoms with E-state index in [4.69, 9.17) is 0 Å². The molecule has 0 radical (unpaired) electrons. The van der Waals surface area contributed by atoms with Crippen molar-refractivity contribution < 1.29 is 59.3 Å². The third kappa shape index (κ3) is 7.39. The van der Waals surface area contributed by atoms with Gasteiger partial charge in [0.15, 0.2) is 24.7 Å². The summed E-state index contributed by atoms with van der Waals surface area (Å²) in [5, 5.41) is 0. The first-order valence-corrected chi connectivity index (χ1v) is 6.77. The Balaban J connectivity index is 0.000000249. The van der Waals surface area contributed by atoms with Gasteiger partial charge in [0.2, 0.25) is 0 Å². The fourth-order valence-corrected chi connectivity index (χ4v) is 1.16. The summed E-state index contributed by atoms with van der Waals surface area (Å²) in [5.41, 5.74) is 0. The zero-order valence-electron chi connectivity index (χ0n) is 8.07. The third-order valence-electron chi connectivity index (χ3n) is 0.894. The van der Waals surface area contributed by atoms with Crippen molar-refractivity contribution in [2.24, 2.45) is 0 Å². The first kappa shape index (κ1) is 18.2. The molecule has 19 heavy (non-hydrogen) atoms. The molecule has 108 valence electrons. The van der Waals surface area contributed by atoms with Crippen molar-refractivity contribution in [1.82, 2.24) is 0 Å². The van der Waals surface area contributed by atoms with Gasteiger partial charge in [-0.15, -0.1) is 0 Å². The van der Waals surface area contributed by atoms with Gasteiger partial charge in [-0.25, -0.2) is 14.4 Å². The first-order valence-electron chi connectivity index (χ1n) is 3.48. The molecule has 3 rings (SSSR count). The minimum atomic E-state index is -2.06. The minimum absolute atomic E-state index is 0. The van der Waals surface area contributed by atoms with Crippen LogP contribution in [0.25, 0.3) is 0 Å². The zero-order chi connectivity index (χ0) is 13.7. The van der Waals surface area contributed by atoms with Gasteiger partial charge in [-0.3, -0.25) is 0 Å². The minimum Gasteiger partial charge on any atom is -0.750 e. The second-order valence-electron chi connectivity index (χ2n) is 1.97. The Hall–Kier alpha value is -0.787. The Labute approximate surface area is 116 Å². The standard InChI is InChI=1S/3CO4P.Rh/c3*2-1-4-6(3)5-1;/q3*-1;+3. The van der Waals surface area contributed by atoms with E-state index in [1.807, 2.05) is 0 Å². The van der Waals surface area contributed by atoms with Crippen LogP contribution in [-0.2, 0) is 19.5 Å². The van der Waals surface area contributed by atoms with Crippen LogP contribution in [0.2, 0.25) is 0 Å². The molecule has 0 amide bonds. The van der Waals surface area contributed by atoms with E-state index < -0.39 is 42.2 Å². The maximum atomic E-state index is 9.59. The second kappa shape index (κ2) is 8.40. The van der Waals surface area contributed by atoms with Gasteiger partial charge in [-0.05, 0) is 0 Å². The molecule has 0 aliphatic carbocycles. The predicted molar refractivity (Wildman–Crippen MR) is 46.0 cm³/mol. The number of rotatable bonds is 0. The Morgan fingerprint density at radius 3 is 0.737 bits per heavy atom. The maximum absolute atomic E-state index is 9.59. The van der Waals surface area contributed by atoms with Gasteiger partial charge in [0.25, 0.3) is 0 Å². The Morgan fingerprint density at radius 1 is 0.579 bits per heavy atom. The zero-order valence-corrected chi connectivity index (χ0v) is 12.4. The van der Waals surface area contributed by atoms with Crippen LogP contribution in [0.5, 0.6) is 0 Å². The molecule has 16 heteroatoms. The van der Waals surface area contributed by atoms with Crippen molar-refractivity contribution in [3.63, 3.8) is 0 Å². The predicted octanol–water partition coefficient (Wildman–Crippen LogP) is -1.97. The molecule has 3 aromatic rings. The molecule has 0 aliphatic rings. The summed E-state index contributed by atoms with van der Waals surface area (Å²) >= 11 is 0. The van der Waals surface area contributed by atoms with Gasteiger partial charge >= 0.3 is 36.9 Å². The van der Waals surface area contributed by atoms with E-state index >= 15 is 0 Å². The maximum Gasteiger partial charge on any atom is 3.00 e. The second-order valence-corrected chi connectivity index (χ2v) is 4.41. The summed E-state index contributed by atoms with van der Waals surface area (Å²) in [5.74, 6) is -2.55. The fraction of sp³-hybridized carbons (Fsp3) is 0.